The van der Waals surface area contributed by atoms with Gasteiger partial charge in [-0.3, -0.25) is 4.79 Å². The number of carbonyl (C=O) groups is 1. The Hall–Kier alpha value is -0.610. The maximum Gasteiger partial charge on any atom is 0.243 e. The van der Waals surface area contributed by atoms with E-state index in [0.717, 1.165) is 25.7 Å². The van der Waals surface area contributed by atoms with Gasteiger partial charge in [-0.25, -0.2) is 0 Å². The van der Waals surface area contributed by atoms with Crippen LogP contribution in [0.5, 0.6) is 0 Å². The highest BCUT2D eigenvalue weighted by atomic mass is 16.5. The second-order valence-electron chi connectivity index (χ2n) is 9.08. The van der Waals surface area contributed by atoms with Crippen molar-refractivity contribution in [1.82, 2.24) is 10.2 Å². The summed E-state index contributed by atoms with van der Waals surface area (Å²) in [6, 6.07) is 0.332. The number of rotatable bonds is 4. The van der Waals surface area contributed by atoms with E-state index >= 15 is 0 Å². The molecule has 0 aromatic heterocycles. The van der Waals surface area contributed by atoms with Gasteiger partial charge in [-0.2, -0.15) is 0 Å². The SMILES string of the molecule is CNC1(C(=O)N(C)C2CC(C)(C)CC(C)(C)C2)CC(OC)C1. The number of nitrogens with zero attached hydrogens (tertiary/aromatic N) is 1. The summed E-state index contributed by atoms with van der Waals surface area (Å²) in [6.07, 6.45) is 5.18. The van der Waals surface area contributed by atoms with Crippen molar-refractivity contribution >= 4 is 5.91 Å². The van der Waals surface area contributed by atoms with Gasteiger partial charge in [0.05, 0.1) is 6.10 Å². The van der Waals surface area contributed by atoms with E-state index in [0.29, 0.717) is 16.9 Å². The molecular weight excluding hydrogens is 276 g/mol. The van der Waals surface area contributed by atoms with Gasteiger partial charge in [0.1, 0.15) is 5.54 Å². The molecule has 0 bridgehead atoms. The zero-order chi connectivity index (χ0) is 16.8. The predicted octanol–water partition coefficient (Wildman–Crippen LogP) is 2.82. The molecule has 0 atom stereocenters. The van der Waals surface area contributed by atoms with Crippen molar-refractivity contribution in [3.8, 4) is 0 Å². The minimum Gasteiger partial charge on any atom is -0.381 e. The van der Waals surface area contributed by atoms with E-state index < -0.39 is 5.54 Å². The van der Waals surface area contributed by atoms with Crippen LogP contribution in [0.1, 0.15) is 59.8 Å². The summed E-state index contributed by atoms with van der Waals surface area (Å²) in [5.74, 6) is 0.238. The fourth-order valence-electron chi connectivity index (χ4n) is 4.93. The lowest BCUT2D eigenvalue weighted by atomic mass is 9.63. The van der Waals surface area contributed by atoms with E-state index in [4.69, 9.17) is 4.74 Å². The van der Waals surface area contributed by atoms with E-state index in [9.17, 15) is 4.79 Å². The van der Waals surface area contributed by atoms with Crippen LogP contribution >= 0.6 is 0 Å². The summed E-state index contributed by atoms with van der Waals surface area (Å²) in [6.45, 7) is 9.32. The molecule has 1 amide bonds. The molecule has 2 rings (SSSR count). The molecular formula is C18H34N2O2. The molecule has 0 aromatic carbocycles. The van der Waals surface area contributed by atoms with Crippen LogP contribution in [-0.4, -0.2) is 49.7 Å². The largest absolute Gasteiger partial charge is 0.381 e. The van der Waals surface area contributed by atoms with E-state index in [1.54, 1.807) is 7.11 Å². The minimum atomic E-state index is -0.416. The lowest BCUT2D eigenvalue weighted by Crippen LogP contribution is -2.67. The molecule has 0 aromatic rings. The molecule has 2 fully saturated rings. The summed E-state index contributed by atoms with van der Waals surface area (Å²) in [4.78, 5) is 15.1. The average Bonchev–Trinajstić information content (AvgIpc) is 2.33. The molecule has 4 nitrogen and oxygen atoms in total. The third kappa shape index (κ3) is 3.33. The van der Waals surface area contributed by atoms with Crippen molar-refractivity contribution in [1.29, 1.82) is 0 Å². The normalized spacial score (nSPS) is 34.0. The summed E-state index contributed by atoms with van der Waals surface area (Å²) in [7, 11) is 5.61. The molecule has 1 N–H and O–H groups in total. The van der Waals surface area contributed by atoms with Crippen LogP contribution in [0, 0.1) is 10.8 Å². The second-order valence-corrected chi connectivity index (χ2v) is 9.08. The molecule has 0 unspecified atom stereocenters. The zero-order valence-corrected chi connectivity index (χ0v) is 15.5. The Morgan fingerprint density at radius 1 is 1.09 bits per heavy atom. The second kappa shape index (κ2) is 5.79. The van der Waals surface area contributed by atoms with E-state index in [-0.39, 0.29) is 12.0 Å². The number of nitrogens with one attached hydrogen (secondary N) is 1. The first-order valence-electron chi connectivity index (χ1n) is 8.53. The molecule has 2 aliphatic rings. The Labute approximate surface area is 136 Å². The molecule has 0 aliphatic heterocycles. The number of hydrogen-bond donors (Lipinski definition) is 1. The van der Waals surface area contributed by atoms with Crippen LogP contribution in [0.4, 0.5) is 0 Å². The lowest BCUT2D eigenvalue weighted by Gasteiger charge is -2.52. The van der Waals surface area contributed by atoms with Gasteiger partial charge in [0, 0.05) is 33.0 Å². The Morgan fingerprint density at radius 3 is 2.00 bits per heavy atom. The van der Waals surface area contributed by atoms with E-state index in [2.05, 4.69) is 33.0 Å². The van der Waals surface area contributed by atoms with Gasteiger partial charge in [0.25, 0.3) is 0 Å². The Kier molecular flexibility index (Phi) is 4.67. The first kappa shape index (κ1) is 17.7. The van der Waals surface area contributed by atoms with Crippen LogP contribution in [0.15, 0.2) is 0 Å². The molecule has 0 spiro atoms. The van der Waals surface area contributed by atoms with Crippen LogP contribution in [0.2, 0.25) is 0 Å². The van der Waals surface area contributed by atoms with Crippen molar-refractivity contribution in [2.24, 2.45) is 10.8 Å². The Morgan fingerprint density at radius 2 is 1.59 bits per heavy atom. The molecule has 0 heterocycles. The highest BCUT2D eigenvalue weighted by Gasteiger charge is 2.52. The van der Waals surface area contributed by atoms with Gasteiger partial charge in [0.15, 0.2) is 0 Å². The van der Waals surface area contributed by atoms with Crippen molar-refractivity contribution in [3.05, 3.63) is 0 Å². The smallest absolute Gasteiger partial charge is 0.243 e. The third-order valence-electron chi connectivity index (χ3n) is 5.78. The number of likely N-dealkylation sites (N-methyl/N-ethyl adjacent to an activating group) is 2. The summed E-state index contributed by atoms with van der Waals surface area (Å²) >= 11 is 0. The lowest BCUT2D eigenvalue weighted by molar-refractivity contribution is -0.152. The number of hydrogen-bond acceptors (Lipinski definition) is 3. The van der Waals surface area contributed by atoms with Crippen molar-refractivity contribution in [2.45, 2.75) is 77.5 Å². The van der Waals surface area contributed by atoms with Crippen molar-refractivity contribution < 1.29 is 9.53 Å². The standard InChI is InChI=1S/C18H34N2O2/c1-16(2)8-13(9-17(3,4)12-16)20(6)15(21)18(19-5)10-14(11-18)22-7/h13-14,19H,8-12H2,1-7H3. The van der Waals surface area contributed by atoms with Crippen LogP contribution < -0.4 is 5.32 Å². The van der Waals surface area contributed by atoms with Gasteiger partial charge >= 0.3 is 0 Å². The number of carbonyl (C=O) groups excluding carboxylic acids is 1. The molecule has 128 valence electrons. The van der Waals surface area contributed by atoms with Gasteiger partial charge in [-0.15, -0.1) is 0 Å². The molecule has 0 saturated heterocycles. The molecule has 22 heavy (non-hydrogen) atoms. The third-order valence-corrected chi connectivity index (χ3v) is 5.78. The number of amides is 1. The number of ether oxygens (including phenoxy) is 1. The first-order chi connectivity index (χ1) is 10.0. The minimum absolute atomic E-state index is 0.212. The fraction of sp³-hybridized carbons (Fsp3) is 0.944. The fourth-order valence-corrected chi connectivity index (χ4v) is 4.93. The molecule has 0 radical (unpaired) electrons. The Balaban J connectivity index is 2.10. The van der Waals surface area contributed by atoms with Crippen molar-refractivity contribution in [2.75, 3.05) is 21.2 Å². The Bertz CT molecular complexity index is 409. The summed E-state index contributed by atoms with van der Waals surface area (Å²) in [5.41, 5.74) is 0.173. The maximum atomic E-state index is 13.1. The van der Waals surface area contributed by atoms with Gasteiger partial charge in [0.2, 0.25) is 5.91 Å². The van der Waals surface area contributed by atoms with Gasteiger partial charge < -0.3 is 15.0 Å². The summed E-state index contributed by atoms with van der Waals surface area (Å²) in [5, 5.41) is 3.27. The van der Waals surface area contributed by atoms with Gasteiger partial charge in [-0.05, 0) is 37.1 Å². The van der Waals surface area contributed by atoms with E-state index in [1.165, 1.54) is 6.42 Å². The highest BCUT2D eigenvalue weighted by Crippen LogP contribution is 2.47. The topological polar surface area (TPSA) is 41.6 Å². The predicted molar refractivity (Wildman–Crippen MR) is 89.8 cm³/mol. The van der Waals surface area contributed by atoms with Crippen LogP contribution in [-0.2, 0) is 9.53 Å². The molecule has 4 heteroatoms. The molecule has 2 aliphatic carbocycles. The van der Waals surface area contributed by atoms with E-state index in [1.807, 2.05) is 19.0 Å². The quantitative estimate of drug-likeness (QED) is 0.868. The summed E-state index contributed by atoms with van der Waals surface area (Å²) < 4.78 is 5.37. The molecule has 2 saturated carbocycles. The van der Waals surface area contributed by atoms with Crippen LogP contribution in [0.25, 0.3) is 0 Å². The van der Waals surface area contributed by atoms with Crippen LogP contribution in [0.3, 0.4) is 0 Å². The highest BCUT2D eigenvalue weighted by molar-refractivity contribution is 5.87. The number of methoxy groups -OCH3 is 1. The monoisotopic (exact) mass is 310 g/mol. The zero-order valence-electron chi connectivity index (χ0n) is 15.5. The first-order valence-corrected chi connectivity index (χ1v) is 8.53. The van der Waals surface area contributed by atoms with Crippen molar-refractivity contribution in [3.63, 3.8) is 0 Å². The maximum absolute atomic E-state index is 13.1. The average molecular weight is 310 g/mol. The van der Waals surface area contributed by atoms with Gasteiger partial charge in [-0.1, -0.05) is 27.7 Å².